The molecular formula is C20H27N3O4. The van der Waals surface area contributed by atoms with E-state index in [1.54, 1.807) is 18.4 Å². The van der Waals surface area contributed by atoms with E-state index in [4.69, 9.17) is 4.42 Å². The van der Waals surface area contributed by atoms with Crippen molar-refractivity contribution >= 4 is 6.03 Å². The Balaban J connectivity index is 1.48. The number of carbonyl (C=O) groups excluding carboxylic acids is 1. The zero-order chi connectivity index (χ0) is 19.1. The SMILES string of the molecule is O=C(NCCc1ccc(O)cc1)N1CCN(Cc2ccco2)C(CCO)C1. The number of amides is 2. The smallest absolute Gasteiger partial charge is 0.317 e. The van der Waals surface area contributed by atoms with Crippen LogP contribution in [0.25, 0.3) is 0 Å². The summed E-state index contributed by atoms with van der Waals surface area (Å²) in [5, 5.41) is 21.7. The topological polar surface area (TPSA) is 89.2 Å². The van der Waals surface area contributed by atoms with Crippen molar-refractivity contribution < 1.29 is 19.4 Å². The number of rotatable bonds is 7. The molecule has 1 aliphatic rings. The van der Waals surface area contributed by atoms with Gasteiger partial charge >= 0.3 is 6.03 Å². The minimum Gasteiger partial charge on any atom is -0.508 e. The summed E-state index contributed by atoms with van der Waals surface area (Å²) in [4.78, 5) is 16.6. The van der Waals surface area contributed by atoms with Gasteiger partial charge in [-0.25, -0.2) is 4.79 Å². The second-order valence-electron chi connectivity index (χ2n) is 6.81. The van der Waals surface area contributed by atoms with E-state index in [0.717, 1.165) is 17.9 Å². The van der Waals surface area contributed by atoms with Gasteiger partial charge in [-0.05, 0) is 42.7 Å². The number of hydrogen-bond donors (Lipinski definition) is 3. The van der Waals surface area contributed by atoms with Crippen LogP contribution in [0.2, 0.25) is 0 Å². The van der Waals surface area contributed by atoms with E-state index in [2.05, 4.69) is 10.2 Å². The Bertz CT molecular complexity index is 703. The second-order valence-corrected chi connectivity index (χ2v) is 6.81. The number of urea groups is 1. The molecule has 3 rings (SSSR count). The van der Waals surface area contributed by atoms with Gasteiger partial charge in [0.15, 0.2) is 0 Å². The van der Waals surface area contributed by atoms with Gasteiger partial charge in [0.25, 0.3) is 0 Å². The van der Waals surface area contributed by atoms with Crippen molar-refractivity contribution in [1.29, 1.82) is 0 Å². The lowest BCUT2D eigenvalue weighted by Gasteiger charge is -2.41. The van der Waals surface area contributed by atoms with Crippen molar-refractivity contribution in [2.45, 2.75) is 25.4 Å². The van der Waals surface area contributed by atoms with Gasteiger partial charge in [-0.2, -0.15) is 0 Å². The molecule has 1 saturated heterocycles. The molecule has 27 heavy (non-hydrogen) atoms. The molecule has 2 amide bonds. The first-order chi connectivity index (χ1) is 13.2. The van der Waals surface area contributed by atoms with Gasteiger partial charge in [-0.1, -0.05) is 12.1 Å². The number of phenols is 1. The lowest BCUT2D eigenvalue weighted by Crippen LogP contribution is -2.56. The van der Waals surface area contributed by atoms with E-state index in [-0.39, 0.29) is 24.4 Å². The molecule has 1 aromatic carbocycles. The number of aliphatic hydroxyl groups is 1. The van der Waals surface area contributed by atoms with Gasteiger partial charge in [0, 0.05) is 38.8 Å². The lowest BCUT2D eigenvalue weighted by molar-refractivity contribution is 0.0636. The Morgan fingerprint density at radius 1 is 1.22 bits per heavy atom. The first-order valence-corrected chi connectivity index (χ1v) is 9.33. The van der Waals surface area contributed by atoms with Crippen molar-refractivity contribution in [2.24, 2.45) is 0 Å². The second kappa shape index (κ2) is 9.43. The summed E-state index contributed by atoms with van der Waals surface area (Å²) in [6.07, 6.45) is 3.00. The van der Waals surface area contributed by atoms with Gasteiger partial charge in [0.2, 0.25) is 0 Å². The van der Waals surface area contributed by atoms with Crippen LogP contribution in [0.4, 0.5) is 4.79 Å². The molecule has 1 aromatic heterocycles. The maximum absolute atomic E-state index is 12.5. The summed E-state index contributed by atoms with van der Waals surface area (Å²) in [5.74, 6) is 1.13. The normalized spacial score (nSPS) is 17.8. The molecule has 0 radical (unpaired) electrons. The van der Waals surface area contributed by atoms with E-state index in [9.17, 15) is 15.0 Å². The van der Waals surface area contributed by atoms with Gasteiger partial charge < -0.3 is 24.8 Å². The minimum atomic E-state index is -0.0747. The fourth-order valence-electron chi connectivity index (χ4n) is 3.40. The Labute approximate surface area is 159 Å². The van der Waals surface area contributed by atoms with Crippen LogP contribution in [-0.2, 0) is 13.0 Å². The predicted octanol–water partition coefficient (Wildman–Crippen LogP) is 1.81. The van der Waals surface area contributed by atoms with Crippen LogP contribution >= 0.6 is 0 Å². The van der Waals surface area contributed by atoms with Crippen molar-refractivity contribution in [1.82, 2.24) is 15.1 Å². The number of nitrogens with zero attached hydrogens (tertiary/aromatic N) is 2. The van der Waals surface area contributed by atoms with Gasteiger partial charge in [0.05, 0.1) is 12.8 Å². The first-order valence-electron chi connectivity index (χ1n) is 9.33. The maximum Gasteiger partial charge on any atom is 0.317 e. The molecule has 0 saturated carbocycles. The van der Waals surface area contributed by atoms with E-state index in [0.29, 0.717) is 39.0 Å². The van der Waals surface area contributed by atoms with Crippen molar-refractivity contribution in [3.8, 4) is 5.75 Å². The summed E-state index contributed by atoms with van der Waals surface area (Å²) in [5.41, 5.74) is 1.06. The lowest BCUT2D eigenvalue weighted by atomic mass is 10.1. The van der Waals surface area contributed by atoms with Crippen molar-refractivity contribution in [2.75, 3.05) is 32.8 Å². The molecule has 0 spiro atoms. The third-order valence-electron chi connectivity index (χ3n) is 4.92. The summed E-state index contributed by atoms with van der Waals surface area (Å²) in [6, 6.07) is 10.8. The zero-order valence-electron chi connectivity index (χ0n) is 15.4. The van der Waals surface area contributed by atoms with Gasteiger partial charge in [-0.15, -0.1) is 0 Å². The molecule has 7 nitrogen and oxygen atoms in total. The molecule has 0 aliphatic carbocycles. The number of furan rings is 1. The standard InChI is InChI=1S/C20H27N3O4/c24-12-8-17-14-23(11-10-22(17)15-19-2-1-13-27-19)20(26)21-9-7-16-3-5-18(25)6-4-16/h1-6,13,17,24-25H,7-12,14-15H2,(H,21,26). The largest absolute Gasteiger partial charge is 0.508 e. The molecule has 0 bridgehead atoms. The minimum absolute atomic E-state index is 0.0747. The molecule has 1 fully saturated rings. The molecule has 146 valence electrons. The fourth-order valence-corrected chi connectivity index (χ4v) is 3.40. The average Bonchev–Trinajstić information content (AvgIpc) is 3.18. The van der Waals surface area contributed by atoms with Crippen LogP contribution < -0.4 is 5.32 Å². The Morgan fingerprint density at radius 2 is 2.04 bits per heavy atom. The summed E-state index contributed by atoms with van der Waals surface area (Å²) in [6.45, 7) is 3.31. The number of piperazine rings is 1. The number of benzene rings is 1. The highest BCUT2D eigenvalue weighted by molar-refractivity contribution is 5.74. The molecule has 1 atom stereocenters. The van der Waals surface area contributed by atoms with Crippen LogP contribution in [0, 0.1) is 0 Å². The van der Waals surface area contributed by atoms with E-state index < -0.39 is 0 Å². The van der Waals surface area contributed by atoms with Crippen LogP contribution in [-0.4, -0.2) is 64.9 Å². The molecule has 1 unspecified atom stereocenters. The molecule has 3 N–H and O–H groups in total. The molecule has 1 aliphatic heterocycles. The molecule has 7 heteroatoms. The maximum atomic E-state index is 12.5. The monoisotopic (exact) mass is 373 g/mol. The van der Waals surface area contributed by atoms with E-state index >= 15 is 0 Å². The first kappa shape index (κ1) is 19.3. The quantitative estimate of drug-likeness (QED) is 0.689. The Hall–Kier alpha value is -2.51. The Kier molecular flexibility index (Phi) is 6.73. The van der Waals surface area contributed by atoms with E-state index in [1.165, 1.54) is 0 Å². The number of nitrogens with one attached hydrogen (secondary N) is 1. The van der Waals surface area contributed by atoms with Crippen molar-refractivity contribution in [3.05, 3.63) is 54.0 Å². The van der Waals surface area contributed by atoms with Gasteiger partial charge in [0.1, 0.15) is 11.5 Å². The summed E-state index contributed by atoms with van der Waals surface area (Å²) in [7, 11) is 0. The number of carbonyl (C=O) groups is 1. The average molecular weight is 373 g/mol. The highest BCUT2D eigenvalue weighted by Gasteiger charge is 2.29. The van der Waals surface area contributed by atoms with Crippen LogP contribution in [0.5, 0.6) is 5.75 Å². The summed E-state index contributed by atoms with van der Waals surface area (Å²) >= 11 is 0. The number of aromatic hydroxyl groups is 1. The predicted molar refractivity (Wildman–Crippen MR) is 101 cm³/mol. The van der Waals surface area contributed by atoms with Crippen LogP contribution in [0.1, 0.15) is 17.7 Å². The molecular weight excluding hydrogens is 346 g/mol. The highest BCUT2D eigenvalue weighted by atomic mass is 16.3. The highest BCUT2D eigenvalue weighted by Crippen LogP contribution is 2.17. The van der Waals surface area contributed by atoms with E-state index in [1.807, 2.05) is 29.2 Å². The molecule has 2 heterocycles. The summed E-state index contributed by atoms with van der Waals surface area (Å²) < 4.78 is 5.43. The Morgan fingerprint density at radius 3 is 2.74 bits per heavy atom. The third kappa shape index (κ3) is 5.48. The van der Waals surface area contributed by atoms with Crippen LogP contribution in [0.3, 0.4) is 0 Å². The third-order valence-corrected chi connectivity index (χ3v) is 4.92. The number of hydrogen-bond acceptors (Lipinski definition) is 5. The number of phenolic OH excluding ortho intramolecular Hbond substituents is 1. The van der Waals surface area contributed by atoms with Crippen molar-refractivity contribution in [3.63, 3.8) is 0 Å². The van der Waals surface area contributed by atoms with Gasteiger partial charge in [-0.3, -0.25) is 4.90 Å². The van der Waals surface area contributed by atoms with Crippen LogP contribution in [0.15, 0.2) is 47.1 Å². The molecule has 2 aromatic rings. The fraction of sp³-hybridized carbons (Fsp3) is 0.450. The number of aliphatic hydroxyl groups excluding tert-OH is 1. The zero-order valence-corrected chi connectivity index (χ0v) is 15.4.